The molecule has 1 unspecified atom stereocenters. The monoisotopic (exact) mass is 323 g/mol. The van der Waals surface area contributed by atoms with Crippen LogP contribution in [0.1, 0.15) is 26.0 Å². The van der Waals surface area contributed by atoms with E-state index in [1.165, 1.54) is 11.6 Å². The third-order valence-electron chi connectivity index (χ3n) is 2.73. The van der Waals surface area contributed by atoms with Crippen molar-refractivity contribution in [3.05, 3.63) is 15.8 Å². The van der Waals surface area contributed by atoms with Crippen LogP contribution in [0.3, 0.4) is 0 Å². The lowest BCUT2D eigenvalue weighted by Crippen LogP contribution is -2.20. The molecule has 0 radical (unpaired) electrons. The number of hydrogen-bond donors (Lipinski definition) is 0. The summed E-state index contributed by atoms with van der Waals surface area (Å²) in [6, 6.07) is 0. The first-order valence-electron chi connectivity index (χ1n) is 6.25. The van der Waals surface area contributed by atoms with Gasteiger partial charge in [-0.1, -0.05) is 13.8 Å². The van der Waals surface area contributed by atoms with Crippen molar-refractivity contribution in [1.82, 2.24) is 9.78 Å². The molecule has 0 bridgehead atoms. The summed E-state index contributed by atoms with van der Waals surface area (Å²) in [4.78, 5) is 10.4. The fraction of sp³-hybridized carbons (Fsp3) is 0.727. The Kier molecular flexibility index (Phi) is 5.52. The van der Waals surface area contributed by atoms with Gasteiger partial charge in [-0.05, 0) is 19.3 Å². The smallest absolute Gasteiger partial charge is 0.258 e. The van der Waals surface area contributed by atoms with Crippen molar-refractivity contribution in [2.75, 3.05) is 11.6 Å². The van der Waals surface area contributed by atoms with E-state index in [-0.39, 0.29) is 28.3 Å². The highest BCUT2D eigenvalue weighted by Crippen LogP contribution is 2.29. The van der Waals surface area contributed by atoms with E-state index in [1.54, 1.807) is 6.92 Å². The van der Waals surface area contributed by atoms with Crippen molar-refractivity contribution in [2.45, 2.75) is 38.8 Å². The Bertz CT molecular complexity index is 597. The Balaban J connectivity index is 3.43. The normalized spacial score (nSPS) is 13.4. The summed E-state index contributed by atoms with van der Waals surface area (Å²) >= 11 is 5.63. The van der Waals surface area contributed by atoms with Crippen molar-refractivity contribution in [3.8, 4) is 0 Å². The number of hydrogen-bond acceptors (Lipinski definition) is 5. The lowest BCUT2D eigenvalue weighted by atomic mass is 10.3. The molecule has 0 saturated carbocycles. The minimum Gasteiger partial charge on any atom is -0.258 e. The molecule has 7 nitrogen and oxygen atoms in total. The van der Waals surface area contributed by atoms with E-state index < -0.39 is 20.4 Å². The zero-order chi connectivity index (χ0) is 15.5. The number of nitro groups is 1. The summed E-state index contributed by atoms with van der Waals surface area (Å²) in [5.74, 6) is -0.341. The van der Waals surface area contributed by atoms with Crippen LogP contribution in [0.4, 0.5) is 5.69 Å². The minimum absolute atomic E-state index is 0.112. The van der Waals surface area contributed by atoms with Crippen molar-refractivity contribution in [2.24, 2.45) is 5.92 Å². The molecule has 0 amide bonds. The summed E-state index contributed by atoms with van der Waals surface area (Å²) in [5, 5.41) is 14.8. The van der Waals surface area contributed by atoms with Gasteiger partial charge < -0.3 is 0 Å². The highest BCUT2D eigenvalue weighted by atomic mass is 35.5. The molecule has 0 fully saturated rings. The van der Waals surface area contributed by atoms with Crippen LogP contribution in [0.15, 0.2) is 5.03 Å². The number of alkyl halides is 1. The first-order valence-corrected chi connectivity index (χ1v) is 8.43. The molecule has 0 aliphatic rings. The molecule has 0 aliphatic carbocycles. The highest BCUT2D eigenvalue weighted by Gasteiger charge is 2.35. The number of rotatable bonds is 7. The Morgan fingerprint density at radius 3 is 2.55 bits per heavy atom. The fourth-order valence-corrected chi connectivity index (χ4v) is 4.16. The Morgan fingerprint density at radius 2 is 2.10 bits per heavy atom. The maximum absolute atomic E-state index is 12.4. The summed E-state index contributed by atoms with van der Waals surface area (Å²) < 4.78 is 26.0. The van der Waals surface area contributed by atoms with Gasteiger partial charge >= 0.3 is 5.69 Å². The fourth-order valence-electron chi connectivity index (χ4n) is 1.93. The van der Waals surface area contributed by atoms with E-state index in [1.807, 2.05) is 6.92 Å². The van der Waals surface area contributed by atoms with E-state index in [2.05, 4.69) is 5.10 Å². The summed E-state index contributed by atoms with van der Waals surface area (Å²) in [6.07, 6.45) is 0.631. The highest BCUT2D eigenvalue weighted by molar-refractivity contribution is 7.91. The lowest BCUT2D eigenvalue weighted by Gasteiger charge is -2.10. The molecule has 0 saturated heterocycles. The second-order valence-corrected chi connectivity index (χ2v) is 7.02. The minimum atomic E-state index is -3.80. The van der Waals surface area contributed by atoms with Crippen LogP contribution in [0, 0.1) is 23.0 Å². The van der Waals surface area contributed by atoms with Crippen molar-refractivity contribution in [1.29, 1.82) is 0 Å². The van der Waals surface area contributed by atoms with Gasteiger partial charge in [-0.25, -0.2) is 13.1 Å². The third-order valence-corrected chi connectivity index (χ3v) is 5.26. The second kappa shape index (κ2) is 6.53. The van der Waals surface area contributed by atoms with Crippen LogP contribution in [0.25, 0.3) is 0 Å². The molecule has 0 aliphatic heterocycles. The standard InChI is InChI=1S/C11H18ClN3O4S/c1-4-5-14-11(10(15(16)17)9(3)13-14)20(18,19)7-8(2)6-12/h8H,4-7H2,1-3H3. The Labute approximate surface area is 123 Å². The lowest BCUT2D eigenvalue weighted by molar-refractivity contribution is -0.388. The molecule has 0 aromatic carbocycles. The van der Waals surface area contributed by atoms with Crippen LogP contribution >= 0.6 is 11.6 Å². The average molecular weight is 324 g/mol. The molecule has 114 valence electrons. The van der Waals surface area contributed by atoms with Gasteiger partial charge in [0.1, 0.15) is 5.69 Å². The van der Waals surface area contributed by atoms with Crippen LogP contribution < -0.4 is 0 Å². The number of aryl methyl sites for hydroxylation is 2. The van der Waals surface area contributed by atoms with Crippen LogP contribution in [0.5, 0.6) is 0 Å². The molecular weight excluding hydrogens is 306 g/mol. The summed E-state index contributed by atoms with van der Waals surface area (Å²) in [6.45, 7) is 5.29. The molecule has 20 heavy (non-hydrogen) atoms. The van der Waals surface area contributed by atoms with Crippen LogP contribution in [-0.2, 0) is 16.4 Å². The first-order chi connectivity index (χ1) is 9.24. The predicted molar refractivity (Wildman–Crippen MR) is 75.8 cm³/mol. The van der Waals surface area contributed by atoms with E-state index in [4.69, 9.17) is 11.6 Å². The molecule has 1 aromatic rings. The number of halogens is 1. The van der Waals surface area contributed by atoms with Gasteiger partial charge in [-0.3, -0.25) is 10.1 Å². The van der Waals surface area contributed by atoms with Gasteiger partial charge in [0.05, 0.1) is 10.7 Å². The summed E-state index contributed by atoms with van der Waals surface area (Å²) in [7, 11) is -3.80. The number of aromatic nitrogens is 2. The van der Waals surface area contributed by atoms with E-state index in [0.29, 0.717) is 13.0 Å². The molecule has 1 heterocycles. The third kappa shape index (κ3) is 3.49. The van der Waals surface area contributed by atoms with Gasteiger partial charge in [0.15, 0.2) is 0 Å². The maximum atomic E-state index is 12.4. The van der Waals surface area contributed by atoms with Gasteiger partial charge in [0, 0.05) is 12.4 Å². The molecule has 0 N–H and O–H groups in total. The second-order valence-electron chi connectivity index (χ2n) is 4.76. The summed E-state index contributed by atoms with van der Waals surface area (Å²) in [5.41, 5.74) is -0.319. The molecular formula is C11H18ClN3O4S. The van der Waals surface area contributed by atoms with E-state index in [9.17, 15) is 18.5 Å². The number of nitrogens with zero attached hydrogens (tertiary/aromatic N) is 3. The van der Waals surface area contributed by atoms with Gasteiger partial charge in [0.2, 0.25) is 14.9 Å². The van der Waals surface area contributed by atoms with Crippen LogP contribution in [-0.4, -0.2) is 34.8 Å². The van der Waals surface area contributed by atoms with E-state index in [0.717, 1.165) is 0 Å². The molecule has 0 spiro atoms. The van der Waals surface area contributed by atoms with Gasteiger partial charge in [0.25, 0.3) is 0 Å². The predicted octanol–water partition coefficient (Wildman–Crippen LogP) is 2.16. The van der Waals surface area contributed by atoms with Crippen molar-refractivity contribution in [3.63, 3.8) is 0 Å². The van der Waals surface area contributed by atoms with Crippen LogP contribution in [0.2, 0.25) is 0 Å². The van der Waals surface area contributed by atoms with Crippen molar-refractivity contribution >= 4 is 27.1 Å². The largest absolute Gasteiger partial charge is 0.328 e. The average Bonchev–Trinajstić information content (AvgIpc) is 2.66. The molecule has 9 heteroatoms. The van der Waals surface area contributed by atoms with Crippen molar-refractivity contribution < 1.29 is 13.3 Å². The topological polar surface area (TPSA) is 95.1 Å². The Hall–Kier alpha value is -1.15. The Morgan fingerprint density at radius 1 is 1.50 bits per heavy atom. The maximum Gasteiger partial charge on any atom is 0.328 e. The molecule has 1 atom stereocenters. The zero-order valence-electron chi connectivity index (χ0n) is 11.7. The first kappa shape index (κ1) is 16.9. The van der Waals surface area contributed by atoms with Gasteiger partial charge in [-0.2, -0.15) is 5.10 Å². The van der Waals surface area contributed by atoms with E-state index >= 15 is 0 Å². The SMILES string of the molecule is CCCn1nc(C)c([N+](=O)[O-])c1S(=O)(=O)CC(C)CCl. The quantitative estimate of drug-likeness (QED) is 0.435. The zero-order valence-corrected chi connectivity index (χ0v) is 13.2. The van der Waals surface area contributed by atoms with Gasteiger partial charge in [-0.15, -0.1) is 11.6 Å². The molecule has 1 aromatic heterocycles. The molecule has 1 rings (SSSR count). The number of sulfone groups is 1.